The number of hydrazone groups is 1. The third-order valence-corrected chi connectivity index (χ3v) is 7.27. The lowest BCUT2D eigenvalue weighted by Crippen LogP contribution is -2.20. The van der Waals surface area contributed by atoms with Crippen molar-refractivity contribution in [2.45, 2.75) is 10.3 Å². The number of halogens is 5. The van der Waals surface area contributed by atoms with E-state index in [-0.39, 0.29) is 10.6 Å². The first-order valence-corrected chi connectivity index (χ1v) is 12.1. The highest BCUT2D eigenvalue weighted by Crippen LogP contribution is 2.65. The number of hydrogen-bond donors (Lipinski definition) is 2. The molecule has 1 aromatic heterocycles. The maximum Gasteiger partial charge on any atom is 0.272 e. The zero-order chi connectivity index (χ0) is 23.8. The van der Waals surface area contributed by atoms with E-state index in [9.17, 15) is 9.59 Å². The molecule has 2 atom stereocenters. The van der Waals surface area contributed by atoms with E-state index in [0.29, 0.717) is 26.3 Å². The minimum atomic E-state index is -1.32. The van der Waals surface area contributed by atoms with Gasteiger partial charge in [-0.1, -0.05) is 34.8 Å². The Bertz CT molecular complexity index is 1230. The number of anilines is 1. The Balaban J connectivity index is 1.46. The van der Waals surface area contributed by atoms with E-state index in [1.54, 1.807) is 35.8 Å². The molecule has 33 heavy (non-hydrogen) atoms. The van der Waals surface area contributed by atoms with Crippen LogP contribution >= 0.6 is 69.3 Å². The van der Waals surface area contributed by atoms with Gasteiger partial charge >= 0.3 is 0 Å². The average Bonchev–Trinajstić information content (AvgIpc) is 3.06. The predicted molar refractivity (Wildman–Crippen MR) is 134 cm³/mol. The summed E-state index contributed by atoms with van der Waals surface area (Å²) in [4.78, 5) is 29.4. The molecule has 0 aliphatic heterocycles. The highest BCUT2D eigenvalue weighted by molar-refractivity contribution is 7.11. The first kappa shape index (κ1) is 24.3. The summed E-state index contributed by atoms with van der Waals surface area (Å²) in [6, 6.07) is 9.41. The highest BCUT2D eigenvalue weighted by atomic mass is 35.5. The molecule has 0 radical (unpaired) electrons. The fourth-order valence-electron chi connectivity index (χ4n) is 3.32. The Morgan fingerprint density at radius 2 is 1.82 bits per heavy atom. The molecule has 2 N–H and O–H groups in total. The molecule has 1 saturated carbocycles. The molecule has 4 rings (SSSR count). The van der Waals surface area contributed by atoms with Gasteiger partial charge in [-0.15, -0.1) is 34.5 Å². The van der Waals surface area contributed by atoms with E-state index in [0.717, 1.165) is 0 Å². The molecule has 0 spiro atoms. The summed E-state index contributed by atoms with van der Waals surface area (Å²) < 4.78 is -1.32. The van der Waals surface area contributed by atoms with E-state index in [1.807, 2.05) is 0 Å². The molecule has 0 saturated heterocycles. The number of carbonyl (C=O) groups excluding carboxylic acids is 2. The lowest BCUT2D eigenvalue weighted by molar-refractivity contribution is -0.117. The van der Waals surface area contributed by atoms with Crippen molar-refractivity contribution in [2.75, 3.05) is 5.32 Å². The zero-order valence-corrected chi connectivity index (χ0v) is 21.0. The smallest absolute Gasteiger partial charge is 0.272 e. The van der Waals surface area contributed by atoms with E-state index in [2.05, 4.69) is 20.8 Å². The summed E-state index contributed by atoms with van der Waals surface area (Å²) in [6.45, 7) is 0. The predicted octanol–water partition coefficient (Wildman–Crippen LogP) is 6.39. The molecule has 1 fully saturated rings. The molecule has 2 unspecified atom stereocenters. The van der Waals surface area contributed by atoms with Gasteiger partial charge in [-0.2, -0.15) is 5.10 Å². The molecule has 1 aliphatic carbocycles. The van der Waals surface area contributed by atoms with E-state index < -0.39 is 28.0 Å². The summed E-state index contributed by atoms with van der Waals surface area (Å²) in [5.41, 5.74) is 3.51. The number of nitrogens with one attached hydrogen (secondary N) is 2. The Morgan fingerprint density at radius 3 is 2.48 bits per heavy atom. The number of amides is 2. The Morgan fingerprint density at radius 1 is 1.09 bits per heavy atom. The number of thiazole rings is 1. The number of hydrogen-bond acceptors (Lipinski definition) is 5. The van der Waals surface area contributed by atoms with E-state index >= 15 is 0 Å². The fraction of sp³-hybridized carbons (Fsp3) is 0.143. The van der Waals surface area contributed by atoms with Crippen LogP contribution in [0, 0.1) is 5.92 Å². The summed E-state index contributed by atoms with van der Waals surface area (Å²) in [5.74, 6) is -2.21. The maximum absolute atomic E-state index is 12.9. The van der Waals surface area contributed by atoms with Gasteiger partial charge in [0.1, 0.15) is 9.34 Å². The molecule has 6 nitrogen and oxygen atoms in total. The molecule has 1 heterocycles. The Kier molecular flexibility index (Phi) is 7.19. The normalized spacial score (nSPS) is 18.8. The number of benzene rings is 2. The summed E-state index contributed by atoms with van der Waals surface area (Å²) >= 11 is 32.4. The summed E-state index contributed by atoms with van der Waals surface area (Å²) in [6.07, 6.45) is 3.04. The first-order valence-electron chi connectivity index (χ1n) is 9.34. The third kappa shape index (κ3) is 5.45. The number of aromatic nitrogens is 1. The topological polar surface area (TPSA) is 83.4 Å². The number of rotatable bonds is 6. The largest absolute Gasteiger partial charge is 0.326 e. The Labute approximate surface area is 217 Å². The lowest BCUT2D eigenvalue weighted by Gasteiger charge is -2.09. The second kappa shape index (κ2) is 9.78. The van der Waals surface area contributed by atoms with Gasteiger partial charge in [-0.3, -0.25) is 9.59 Å². The molecule has 2 aromatic carbocycles. The van der Waals surface area contributed by atoms with Crippen molar-refractivity contribution in [1.29, 1.82) is 0 Å². The van der Waals surface area contributed by atoms with Crippen molar-refractivity contribution in [3.63, 3.8) is 0 Å². The minimum absolute atomic E-state index is 0.128. The van der Waals surface area contributed by atoms with Gasteiger partial charge in [0.25, 0.3) is 5.91 Å². The van der Waals surface area contributed by atoms with Gasteiger partial charge in [0.15, 0.2) is 0 Å². The van der Waals surface area contributed by atoms with Crippen LogP contribution in [0.1, 0.15) is 26.8 Å². The standard InChI is InChI=1S/C21H13Cl5N4O2S/c22-11-5-10(6-12(23)7-11)17-18(21(17,25)26)20(32)29-13-1-2-15(24)14(8-13)19(31)30-28-9-16-27-3-4-33-16/h1-9,17-18H,(H,29,32)(H,30,31)/b28-9+. The lowest BCUT2D eigenvalue weighted by atomic mass is 10.1. The molecule has 12 heteroatoms. The third-order valence-electron chi connectivity index (χ3n) is 4.85. The van der Waals surface area contributed by atoms with E-state index in [4.69, 9.17) is 58.0 Å². The van der Waals surface area contributed by atoms with Crippen LogP contribution in [-0.4, -0.2) is 27.3 Å². The minimum Gasteiger partial charge on any atom is -0.326 e. The van der Waals surface area contributed by atoms with Crippen LogP contribution in [0.5, 0.6) is 0 Å². The molecule has 2 amide bonds. The maximum atomic E-state index is 12.9. The second-order valence-corrected chi connectivity index (χ2v) is 10.7. The molecular formula is C21H13Cl5N4O2S. The van der Waals surface area contributed by atoms with Gasteiger partial charge in [-0.05, 0) is 42.0 Å². The first-order chi connectivity index (χ1) is 15.7. The van der Waals surface area contributed by atoms with Gasteiger partial charge in [-0.25, -0.2) is 10.4 Å². The molecular weight excluding hydrogens is 550 g/mol. The van der Waals surface area contributed by atoms with Crippen molar-refractivity contribution in [3.05, 3.63) is 79.2 Å². The monoisotopic (exact) mass is 560 g/mol. The Hall–Kier alpha value is -1.87. The van der Waals surface area contributed by atoms with Gasteiger partial charge in [0.2, 0.25) is 5.91 Å². The second-order valence-electron chi connectivity index (χ2n) is 7.09. The van der Waals surface area contributed by atoms with Crippen LogP contribution in [0.3, 0.4) is 0 Å². The fourth-order valence-corrected chi connectivity index (χ4v) is 5.39. The van der Waals surface area contributed by atoms with Gasteiger partial charge in [0.05, 0.1) is 22.7 Å². The van der Waals surface area contributed by atoms with Crippen LogP contribution in [0.4, 0.5) is 5.69 Å². The van der Waals surface area contributed by atoms with Crippen molar-refractivity contribution in [2.24, 2.45) is 11.0 Å². The number of alkyl halides is 2. The van der Waals surface area contributed by atoms with Crippen molar-refractivity contribution in [1.82, 2.24) is 10.4 Å². The van der Waals surface area contributed by atoms with Crippen LogP contribution in [0.2, 0.25) is 15.1 Å². The molecule has 0 bridgehead atoms. The van der Waals surface area contributed by atoms with Crippen molar-refractivity contribution >= 4 is 93.1 Å². The summed E-state index contributed by atoms with van der Waals surface area (Å²) in [5, 5.41) is 10.0. The molecule has 170 valence electrons. The highest BCUT2D eigenvalue weighted by Gasteiger charge is 2.67. The SMILES string of the molecule is O=C(N/N=C/c1nccs1)c1cc(NC(=O)C2C(c3cc(Cl)cc(Cl)c3)C2(Cl)Cl)ccc1Cl. The van der Waals surface area contributed by atoms with Crippen molar-refractivity contribution in [3.8, 4) is 0 Å². The molecule has 3 aromatic rings. The van der Waals surface area contributed by atoms with Crippen LogP contribution in [0.15, 0.2) is 53.1 Å². The average molecular weight is 563 g/mol. The number of nitrogens with zero attached hydrogens (tertiary/aromatic N) is 2. The summed E-state index contributed by atoms with van der Waals surface area (Å²) in [7, 11) is 0. The van der Waals surface area contributed by atoms with Crippen molar-refractivity contribution < 1.29 is 9.59 Å². The van der Waals surface area contributed by atoms with Crippen LogP contribution in [0.25, 0.3) is 0 Å². The quantitative estimate of drug-likeness (QED) is 0.207. The number of carbonyl (C=O) groups is 2. The van der Waals surface area contributed by atoms with E-state index in [1.165, 1.54) is 29.7 Å². The zero-order valence-electron chi connectivity index (χ0n) is 16.4. The molecule has 1 aliphatic rings. The van der Waals surface area contributed by atoms with Crippen LogP contribution in [-0.2, 0) is 4.79 Å². The van der Waals surface area contributed by atoms with Gasteiger partial charge < -0.3 is 5.32 Å². The van der Waals surface area contributed by atoms with Crippen LogP contribution < -0.4 is 10.7 Å². The van der Waals surface area contributed by atoms with Gasteiger partial charge in [0, 0.05) is 33.2 Å².